The SMILES string of the molecule is Cc1cc(C#N)cc(C)c1Oc1ccc(Br)cc1[N+](=O)[O-]. The number of hydrogen-bond donors (Lipinski definition) is 0. The van der Waals surface area contributed by atoms with Crippen LogP contribution in [-0.4, -0.2) is 4.92 Å². The Bertz CT molecular complexity index is 743. The fourth-order valence-electron chi connectivity index (χ4n) is 2.01. The molecule has 0 amide bonds. The smallest absolute Gasteiger partial charge is 0.312 e. The molecule has 2 aromatic carbocycles. The molecule has 21 heavy (non-hydrogen) atoms. The lowest BCUT2D eigenvalue weighted by atomic mass is 10.1. The van der Waals surface area contributed by atoms with Crippen LogP contribution in [0.1, 0.15) is 16.7 Å². The number of ether oxygens (including phenoxy) is 1. The molecule has 0 saturated heterocycles. The Labute approximate surface area is 130 Å². The average molecular weight is 347 g/mol. The summed E-state index contributed by atoms with van der Waals surface area (Å²) in [4.78, 5) is 10.6. The summed E-state index contributed by atoms with van der Waals surface area (Å²) in [5.74, 6) is 0.693. The van der Waals surface area contributed by atoms with E-state index < -0.39 is 4.92 Å². The summed E-state index contributed by atoms with van der Waals surface area (Å²) in [5, 5.41) is 20.0. The van der Waals surface area contributed by atoms with E-state index in [0.717, 1.165) is 11.1 Å². The van der Waals surface area contributed by atoms with Gasteiger partial charge < -0.3 is 4.74 Å². The van der Waals surface area contributed by atoms with Gasteiger partial charge in [0.2, 0.25) is 5.75 Å². The summed E-state index contributed by atoms with van der Waals surface area (Å²) in [6, 6.07) is 10.1. The summed E-state index contributed by atoms with van der Waals surface area (Å²) < 4.78 is 6.32. The Morgan fingerprint density at radius 2 is 1.86 bits per heavy atom. The summed E-state index contributed by atoms with van der Waals surface area (Å²) in [5.41, 5.74) is 1.92. The highest BCUT2D eigenvalue weighted by molar-refractivity contribution is 9.10. The Morgan fingerprint density at radius 1 is 1.24 bits per heavy atom. The maximum absolute atomic E-state index is 11.1. The molecule has 0 aliphatic carbocycles. The summed E-state index contributed by atoms with van der Waals surface area (Å²) in [7, 11) is 0. The molecule has 0 spiro atoms. The maximum Gasteiger partial charge on any atom is 0.312 e. The predicted octanol–water partition coefficient (Wildman–Crippen LogP) is 4.64. The van der Waals surface area contributed by atoms with Gasteiger partial charge in [-0.15, -0.1) is 0 Å². The van der Waals surface area contributed by atoms with E-state index in [-0.39, 0.29) is 11.4 Å². The highest BCUT2D eigenvalue weighted by Gasteiger charge is 2.18. The monoisotopic (exact) mass is 346 g/mol. The van der Waals surface area contributed by atoms with Gasteiger partial charge in [-0.2, -0.15) is 5.26 Å². The van der Waals surface area contributed by atoms with Crippen LogP contribution in [0.2, 0.25) is 0 Å². The average Bonchev–Trinajstić information content (AvgIpc) is 2.43. The van der Waals surface area contributed by atoms with E-state index in [2.05, 4.69) is 22.0 Å². The third-order valence-corrected chi connectivity index (χ3v) is 3.41. The fraction of sp³-hybridized carbons (Fsp3) is 0.133. The van der Waals surface area contributed by atoms with E-state index in [0.29, 0.717) is 15.8 Å². The van der Waals surface area contributed by atoms with Gasteiger partial charge in [0.25, 0.3) is 0 Å². The van der Waals surface area contributed by atoms with Crippen molar-refractivity contribution in [2.75, 3.05) is 0 Å². The number of hydrogen-bond acceptors (Lipinski definition) is 4. The van der Waals surface area contributed by atoms with Gasteiger partial charge in [0.15, 0.2) is 0 Å². The lowest BCUT2D eigenvalue weighted by molar-refractivity contribution is -0.385. The van der Waals surface area contributed by atoms with Crippen molar-refractivity contribution in [2.24, 2.45) is 0 Å². The highest BCUT2D eigenvalue weighted by Crippen LogP contribution is 2.36. The highest BCUT2D eigenvalue weighted by atomic mass is 79.9. The first kappa shape index (κ1) is 15.0. The number of nitriles is 1. The Kier molecular flexibility index (Phi) is 4.24. The number of nitro groups is 1. The van der Waals surface area contributed by atoms with Gasteiger partial charge in [0.05, 0.1) is 16.6 Å². The Balaban J connectivity index is 2.49. The molecule has 2 aromatic rings. The van der Waals surface area contributed by atoms with Gasteiger partial charge >= 0.3 is 5.69 Å². The second-order valence-electron chi connectivity index (χ2n) is 4.52. The number of aryl methyl sites for hydroxylation is 2. The molecule has 0 fully saturated rings. The van der Waals surface area contributed by atoms with Crippen LogP contribution in [0.5, 0.6) is 11.5 Å². The minimum absolute atomic E-state index is 0.118. The van der Waals surface area contributed by atoms with Crippen molar-refractivity contribution in [3.05, 3.63) is 61.6 Å². The minimum atomic E-state index is -0.492. The van der Waals surface area contributed by atoms with Crippen LogP contribution in [0.3, 0.4) is 0 Å². The molecule has 0 saturated carbocycles. The first-order chi connectivity index (χ1) is 9.92. The van der Waals surface area contributed by atoms with Crippen LogP contribution in [0.15, 0.2) is 34.8 Å². The summed E-state index contributed by atoms with van der Waals surface area (Å²) >= 11 is 3.20. The van der Waals surface area contributed by atoms with Gasteiger partial charge in [-0.25, -0.2) is 0 Å². The maximum atomic E-state index is 11.1. The lowest BCUT2D eigenvalue weighted by Gasteiger charge is -2.12. The molecule has 0 aliphatic rings. The van der Waals surface area contributed by atoms with Crippen molar-refractivity contribution in [1.82, 2.24) is 0 Å². The van der Waals surface area contributed by atoms with Crippen molar-refractivity contribution in [3.8, 4) is 17.6 Å². The lowest BCUT2D eigenvalue weighted by Crippen LogP contribution is -1.97. The van der Waals surface area contributed by atoms with Crippen LogP contribution in [0.25, 0.3) is 0 Å². The van der Waals surface area contributed by atoms with E-state index in [1.54, 1.807) is 38.1 Å². The molecule has 2 rings (SSSR count). The normalized spacial score (nSPS) is 10.0. The Morgan fingerprint density at radius 3 is 2.38 bits per heavy atom. The van der Waals surface area contributed by atoms with E-state index in [1.165, 1.54) is 6.07 Å². The standard InChI is InChI=1S/C15H11BrN2O3/c1-9-5-11(8-17)6-10(2)15(9)21-14-4-3-12(16)7-13(14)18(19)20/h3-7H,1-2H3. The first-order valence-electron chi connectivity index (χ1n) is 6.05. The second-order valence-corrected chi connectivity index (χ2v) is 5.44. The fourth-order valence-corrected chi connectivity index (χ4v) is 2.35. The number of rotatable bonds is 3. The molecule has 0 aliphatic heterocycles. The Hall–Kier alpha value is -2.39. The molecule has 106 valence electrons. The minimum Gasteiger partial charge on any atom is -0.450 e. The molecule has 5 nitrogen and oxygen atoms in total. The third-order valence-electron chi connectivity index (χ3n) is 2.92. The van der Waals surface area contributed by atoms with Gasteiger partial charge in [-0.3, -0.25) is 10.1 Å². The van der Waals surface area contributed by atoms with Gasteiger partial charge in [0, 0.05) is 10.5 Å². The van der Waals surface area contributed by atoms with Crippen molar-refractivity contribution in [1.29, 1.82) is 5.26 Å². The number of halogens is 1. The molecule has 0 radical (unpaired) electrons. The molecule has 0 heterocycles. The van der Waals surface area contributed by atoms with Gasteiger partial charge in [-0.05, 0) is 49.2 Å². The van der Waals surface area contributed by atoms with Crippen molar-refractivity contribution in [3.63, 3.8) is 0 Å². The van der Waals surface area contributed by atoms with Crippen molar-refractivity contribution in [2.45, 2.75) is 13.8 Å². The van der Waals surface area contributed by atoms with Gasteiger partial charge in [-0.1, -0.05) is 15.9 Å². The zero-order valence-electron chi connectivity index (χ0n) is 11.4. The van der Waals surface area contributed by atoms with Crippen molar-refractivity contribution < 1.29 is 9.66 Å². The first-order valence-corrected chi connectivity index (χ1v) is 6.85. The van der Waals surface area contributed by atoms with E-state index >= 15 is 0 Å². The van der Waals surface area contributed by atoms with E-state index in [4.69, 9.17) is 10.00 Å². The molecule has 0 unspecified atom stereocenters. The number of benzene rings is 2. The second kappa shape index (κ2) is 5.94. The van der Waals surface area contributed by atoms with Gasteiger partial charge in [0.1, 0.15) is 5.75 Å². The topological polar surface area (TPSA) is 76.2 Å². The van der Waals surface area contributed by atoms with E-state index in [1.807, 2.05) is 0 Å². The molecule has 0 atom stereocenters. The molecule has 0 aromatic heterocycles. The molecular weight excluding hydrogens is 336 g/mol. The van der Waals surface area contributed by atoms with Crippen molar-refractivity contribution >= 4 is 21.6 Å². The quantitative estimate of drug-likeness (QED) is 0.599. The third kappa shape index (κ3) is 3.20. The van der Waals surface area contributed by atoms with Crippen LogP contribution < -0.4 is 4.74 Å². The molecular formula is C15H11BrN2O3. The summed E-state index contributed by atoms with van der Waals surface area (Å²) in [6.45, 7) is 3.60. The number of nitrogens with zero attached hydrogens (tertiary/aromatic N) is 2. The van der Waals surface area contributed by atoms with Crippen LogP contribution in [-0.2, 0) is 0 Å². The zero-order chi connectivity index (χ0) is 15.6. The number of nitro benzene ring substituents is 1. The molecule has 6 heteroatoms. The molecule has 0 N–H and O–H groups in total. The zero-order valence-corrected chi connectivity index (χ0v) is 13.0. The van der Waals surface area contributed by atoms with Crippen LogP contribution in [0.4, 0.5) is 5.69 Å². The predicted molar refractivity (Wildman–Crippen MR) is 81.5 cm³/mol. The van der Waals surface area contributed by atoms with E-state index in [9.17, 15) is 10.1 Å². The molecule has 0 bridgehead atoms. The largest absolute Gasteiger partial charge is 0.450 e. The van der Waals surface area contributed by atoms with Crippen LogP contribution >= 0.6 is 15.9 Å². The van der Waals surface area contributed by atoms with Crippen LogP contribution in [0, 0.1) is 35.3 Å². The summed E-state index contributed by atoms with van der Waals surface area (Å²) in [6.07, 6.45) is 0.